The highest BCUT2D eigenvalue weighted by molar-refractivity contribution is 5.64. The molecule has 0 fully saturated rings. The van der Waals surface area contributed by atoms with E-state index in [-0.39, 0.29) is 5.82 Å². The molecule has 0 aliphatic heterocycles. The van der Waals surface area contributed by atoms with E-state index in [1.54, 1.807) is 18.3 Å². The number of halogens is 1. The highest BCUT2D eigenvalue weighted by atomic mass is 19.1. The Kier molecular flexibility index (Phi) is 3.89. The molecule has 2 aromatic rings. The maximum absolute atomic E-state index is 12.9. The molecule has 1 aromatic carbocycles. The van der Waals surface area contributed by atoms with E-state index < -0.39 is 0 Å². The van der Waals surface area contributed by atoms with E-state index in [9.17, 15) is 4.39 Å². The molecule has 0 radical (unpaired) electrons. The predicted octanol–water partition coefficient (Wildman–Crippen LogP) is 2.71. The van der Waals surface area contributed by atoms with Crippen molar-refractivity contribution in [1.29, 1.82) is 0 Å². The lowest BCUT2D eigenvalue weighted by Gasteiger charge is -2.22. The molecule has 0 atom stereocenters. The molecule has 0 bridgehead atoms. The monoisotopic (exact) mass is 245 g/mol. The minimum Gasteiger partial charge on any atom is -0.343 e. The van der Waals surface area contributed by atoms with Gasteiger partial charge in [-0.2, -0.15) is 0 Å². The topological polar surface area (TPSA) is 28.2 Å². The van der Waals surface area contributed by atoms with Gasteiger partial charge < -0.3 is 10.2 Å². The summed E-state index contributed by atoms with van der Waals surface area (Å²) in [5.74, 6) is -0.228. The van der Waals surface area contributed by atoms with Crippen molar-refractivity contribution in [2.45, 2.75) is 6.54 Å². The number of rotatable bonds is 4. The second kappa shape index (κ2) is 5.60. The summed E-state index contributed by atoms with van der Waals surface area (Å²) in [4.78, 5) is 6.15. The van der Waals surface area contributed by atoms with Crippen LogP contribution in [0, 0.1) is 5.82 Å². The Morgan fingerprint density at radius 3 is 2.61 bits per heavy atom. The first kappa shape index (κ1) is 12.5. The molecule has 2 rings (SSSR count). The fourth-order valence-corrected chi connectivity index (χ4v) is 1.86. The third-order valence-corrected chi connectivity index (χ3v) is 2.83. The number of benzene rings is 1. The van der Waals surface area contributed by atoms with Crippen LogP contribution in [-0.2, 0) is 6.54 Å². The Morgan fingerprint density at radius 2 is 1.94 bits per heavy atom. The van der Waals surface area contributed by atoms with Gasteiger partial charge in [0.25, 0.3) is 0 Å². The Bertz CT molecular complexity index is 511. The maximum Gasteiger partial charge on any atom is 0.123 e. The largest absolute Gasteiger partial charge is 0.343 e. The molecule has 0 spiro atoms. The van der Waals surface area contributed by atoms with E-state index in [2.05, 4.69) is 10.3 Å². The average Bonchev–Trinajstić information content (AvgIpc) is 2.40. The van der Waals surface area contributed by atoms with Crippen LogP contribution >= 0.6 is 0 Å². The number of anilines is 2. The number of hydrogen-bond acceptors (Lipinski definition) is 3. The maximum atomic E-state index is 12.9. The summed E-state index contributed by atoms with van der Waals surface area (Å²) in [7, 11) is 3.85. The van der Waals surface area contributed by atoms with Crippen LogP contribution in [0.2, 0.25) is 0 Å². The standard InChI is InChI=1S/C14H16FN3/c1-16-9-11-7-8-17-10-14(11)18(2)13-5-3-12(15)4-6-13/h3-8,10,16H,9H2,1-2H3. The van der Waals surface area contributed by atoms with E-state index in [0.717, 1.165) is 23.5 Å². The normalized spacial score (nSPS) is 10.4. The van der Waals surface area contributed by atoms with Gasteiger partial charge in [-0.05, 0) is 42.9 Å². The van der Waals surface area contributed by atoms with Crippen molar-refractivity contribution < 1.29 is 4.39 Å². The van der Waals surface area contributed by atoms with Crippen molar-refractivity contribution in [2.75, 3.05) is 19.0 Å². The molecule has 0 unspecified atom stereocenters. The quantitative estimate of drug-likeness (QED) is 0.897. The molecular formula is C14H16FN3. The average molecular weight is 245 g/mol. The molecule has 0 aliphatic rings. The van der Waals surface area contributed by atoms with Crippen LogP contribution in [-0.4, -0.2) is 19.1 Å². The van der Waals surface area contributed by atoms with Crippen LogP contribution in [0.1, 0.15) is 5.56 Å². The van der Waals surface area contributed by atoms with E-state index in [1.807, 2.05) is 31.3 Å². The third-order valence-electron chi connectivity index (χ3n) is 2.83. The number of pyridine rings is 1. The van der Waals surface area contributed by atoms with E-state index in [1.165, 1.54) is 12.1 Å². The summed E-state index contributed by atoms with van der Waals surface area (Å²) in [5.41, 5.74) is 3.10. The lowest BCUT2D eigenvalue weighted by atomic mass is 10.2. The van der Waals surface area contributed by atoms with Crippen molar-refractivity contribution >= 4 is 11.4 Å². The second-order valence-corrected chi connectivity index (χ2v) is 4.07. The zero-order valence-corrected chi connectivity index (χ0v) is 10.5. The van der Waals surface area contributed by atoms with E-state index in [0.29, 0.717) is 0 Å². The summed E-state index contributed by atoms with van der Waals surface area (Å²) in [6.45, 7) is 0.767. The van der Waals surface area contributed by atoms with Gasteiger partial charge in [0.1, 0.15) is 5.82 Å². The number of hydrogen-bond donors (Lipinski definition) is 1. The first-order valence-electron chi connectivity index (χ1n) is 5.79. The van der Waals surface area contributed by atoms with Crippen molar-refractivity contribution in [2.24, 2.45) is 0 Å². The van der Waals surface area contributed by atoms with Gasteiger partial charge in [0.05, 0.1) is 11.9 Å². The molecule has 1 N–H and O–H groups in total. The Hall–Kier alpha value is -1.94. The number of nitrogens with one attached hydrogen (secondary N) is 1. The Balaban J connectivity index is 2.33. The molecule has 4 heteroatoms. The van der Waals surface area contributed by atoms with Crippen LogP contribution in [0.4, 0.5) is 15.8 Å². The fourth-order valence-electron chi connectivity index (χ4n) is 1.86. The van der Waals surface area contributed by atoms with Crippen LogP contribution in [0.5, 0.6) is 0 Å². The van der Waals surface area contributed by atoms with E-state index >= 15 is 0 Å². The lowest BCUT2D eigenvalue weighted by Crippen LogP contribution is -2.15. The van der Waals surface area contributed by atoms with Gasteiger partial charge in [-0.25, -0.2) is 4.39 Å². The van der Waals surface area contributed by atoms with Gasteiger partial charge in [0.2, 0.25) is 0 Å². The van der Waals surface area contributed by atoms with Gasteiger partial charge in [0, 0.05) is 25.5 Å². The van der Waals surface area contributed by atoms with Crippen molar-refractivity contribution in [3.8, 4) is 0 Å². The van der Waals surface area contributed by atoms with Gasteiger partial charge in [0.15, 0.2) is 0 Å². The number of nitrogens with zero attached hydrogens (tertiary/aromatic N) is 2. The van der Waals surface area contributed by atoms with Gasteiger partial charge in [-0.15, -0.1) is 0 Å². The zero-order chi connectivity index (χ0) is 13.0. The van der Waals surface area contributed by atoms with Gasteiger partial charge in [-0.1, -0.05) is 0 Å². The van der Waals surface area contributed by atoms with Crippen molar-refractivity contribution in [1.82, 2.24) is 10.3 Å². The molecule has 18 heavy (non-hydrogen) atoms. The molecule has 0 amide bonds. The molecule has 0 saturated carbocycles. The molecule has 94 valence electrons. The molecular weight excluding hydrogens is 229 g/mol. The highest BCUT2D eigenvalue weighted by Gasteiger charge is 2.08. The minimum absolute atomic E-state index is 0.228. The molecule has 0 saturated heterocycles. The number of aromatic nitrogens is 1. The fraction of sp³-hybridized carbons (Fsp3) is 0.214. The summed E-state index contributed by atoms with van der Waals surface area (Å²) in [5, 5.41) is 3.13. The molecule has 1 heterocycles. The SMILES string of the molecule is CNCc1ccncc1N(C)c1ccc(F)cc1. The van der Waals surface area contributed by atoms with Crippen LogP contribution in [0.25, 0.3) is 0 Å². The van der Waals surface area contributed by atoms with Crippen molar-refractivity contribution in [3.63, 3.8) is 0 Å². The third kappa shape index (κ3) is 2.65. The predicted molar refractivity (Wildman–Crippen MR) is 71.5 cm³/mol. The summed E-state index contributed by atoms with van der Waals surface area (Å²) in [6, 6.07) is 8.41. The van der Waals surface area contributed by atoms with E-state index in [4.69, 9.17) is 0 Å². The Labute approximate surface area is 106 Å². The minimum atomic E-state index is -0.228. The van der Waals surface area contributed by atoms with Crippen LogP contribution in [0.15, 0.2) is 42.7 Å². The molecule has 3 nitrogen and oxygen atoms in total. The molecule has 0 aliphatic carbocycles. The van der Waals surface area contributed by atoms with Gasteiger partial charge >= 0.3 is 0 Å². The first-order valence-corrected chi connectivity index (χ1v) is 5.79. The summed E-state index contributed by atoms with van der Waals surface area (Å²) in [6.07, 6.45) is 3.59. The zero-order valence-electron chi connectivity index (χ0n) is 10.5. The van der Waals surface area contributed by atoms with Gasteiger partial charge in [-0.3, -0.25) is 4.98 Å². The summed E-state index contributed by atoms with van der Waals surface area (Å²) < 4.78 is 12.9. The summed E-state index contributed by atoms with van der Waals surface area (Å²) >= 11 is 0. The first-order chi connectivity index (χ1) is 8.72. The molecule has 1 aromatic heterocycles. The smallest absolute Gasteiger partial charge is 0.123 e. The Morgan fingerprint density at radius 1 is 1.22 bits per heavy atom. The lowest BCUT2D eigenvalue weighted by molar-refractivity contribution is 0.628. The van der Waals surface area contributed by atoms with Crippen LogP contribution < -0.4 is 10.2 Å². The second-order valence-electron chi connectivity index (χ2n) is 4.07. The highest BCUT2D eigenvalue weighted by Crippen LogP contribution is 2.26. The van der Waals surface area contributed by atoms with Crippen LogP contribution in [0.3, 0.4) is 0 Å². The van der Waals surface area contributed by atoms with Crippen molar-refractivity contribution in [3.05, 3.63) is 54.1 Å².